The fourth-order valence-corrected chi connectivity index (χ4v) is 6.07. The van der Waals surface area contributed by atoms with E-state index >= 15 is 0 Å². The summed E-state index contributed by atoms with van der Waals surface area (Å²) in [6, 6.07) is 3.53. The Morgan fingerprint density at radius 1 is 1.10 bits per heavy atom. The molecule has 2 unspecified atom stereocenters. The van der Waals surface area contributed by atoms with Gasteiger partial charge in [0, 0.05) is 5.92 Å². The summed E-state index contributed by atoms with van der Waals surface area (Å²) in [5.41, 5.74) is -0.266. The van der Waals surface area contributed by atoms with Crippen molar-refractivity contribution < 1.29 is 22.0 Å². The van der Waals surface area contributed by atoms with Gasteiger partial charge >= 0.3 is 0 Å². The first-order valence-electron chi connectivity index (χ1n) is 7.12. The third kappa shape index (κ3) is 2.39. The smallest absolute Gasteiger partial charge is 0.169 e. The van der Waals surface area contributed by atoms with Gasteiger partial charge in [-0.25, -0.2) is 17.2 Å². The zero-order valence-corrected chi connectivity index (χ0v) is 12.2. The van der Waals surface area contributed by atoms with E-state index in [4.69, 9.17) is 0 Å². The van der Waals surface area contributed by atoms with Gasteiger partial charge in [0.25, 0.3) is 0 Å². The van der Waals surface area contributed by atoms with Gasteiger partial charge in [-0.15, -0.1) is 0 Å². The molecule has 0 spiro atoms. The zero-order valence-electron chi connectivity index (χ0n) is 11.4. The topological polar surface area (TPSA) is 51.2 Å². The standard InChI is InChI=1S/C15H16F2O3S/c16-13-6-2-5-12(14(13)17)15(18)9-7-10-3-1-4-11(8-9)21(10,19)20/h2,5-6,9-11H,1,3-4,7-8H2. The van der Waals surface area contributed by atoms with E-state index in [2.05, 4.69) is 0 Å². The third-order valence-electron chi connectivity index (χ3n) is 4.66. The summed E-state index contributed by atoms with van der Waals surface area (Å²) in [5.74, 6) is -3.19. The summed E-state index contributed by atoms with van der Waals surface area (Å²) >= 11 is 0. The number of hydrogen-bond acceptors (Lipinski definition) is 3. The Balaban J connectivity index is 1.89. The number of halogens is 2. The van der Waals surface area contributed by atoms with Crippen molar-refractivity contribution in [2.45, 2.75) is 42.6 Å². The molecule has 1 aromatic carbocycles. The number of ketones is 1. The highest BCUT2D eigenvalue weighted by molar-refractivity contribution is 7.92. The lowest BCUT2D eigenvalue weighted by Crippen LogP contribution is -2.45. The molecular weight excluding hydrogens is 298 g/mol. The Morgan fingerprint density at radius 3 is 2.33 bits per heavy atom. The van der Waals surface area contributed by atoms with Crippen molar-refractivity contribution in [1.29, 1.82) is 0 Å². The number of Topliss-reactive ketones (excluding diaryl/α,β-unsaturated/α-hetero) is 1. The Labute approximate surface area is 122 Å². The molecule has 2 aliphatic rings. The number of benzene rings is 1. The highest BCUT2D eigenvalue weighted by Crippen LogP contribution is 2.40. The molecule has 0 aromatic heterocycles. The molecule has 2 aliphatic heterocycles. The minimum absolute atomic E-state index is 0.230. The van der Waals surface area contributed by atoms with Crippen LogP contribution < -0.4 is 0 Å². The lowest BCUT2D eigenvalue weighted by atomic mass is 9.84. The van der Waals surface area contributed by atoms with Gasteiger partial charge < -0.3 is 0 Å². The monoisotopic (exact) mass is 314 g/mol. The van der Waals surface area contributed by atoms with Gasteiger partial charge in [-0.2, -0.15) is 0 Å². The molecular formula is C15H16F2O3S. The van der Waals surface area contributed by atoms with Crippen molar-refractivity contribution in [3.63, 3.8) is 0 Å². The van der Waals surface area contributed by atoms with Crippen LogP contribution in [0, 0.1) is 17.6 Å². The largest absolute Gasteiger partial charge is 0.294 e. The van der Waals surface area contributed by atoms with E-state index in [9.17, 15) is 22.0 Å². The van der Waals surface area contributed by atoms with Crippen LogP contribution in [0.2, 0.25) is 0 Å². The molecule has 2 atom stereocenters. The second-order valence-corrected chi connectivity index (χ2v) is 8.41. The molecule has 2 heterocycles. The van der Waals surface area contributed by atoms with Crippen LogP contribution in [0.25, 0.3) is 0 Å². The molecule has 3 rings (SSSR count). The van der Waals surface area contributed by atoms with E-state index < -0.39 is 43.7 Å². The average molecular weight is 314 g/mol. The van der Waals surface area contributed by atoms with Crippen LogP contribution in [0.15, 0.2) is 18.2 Å². The van der Waals surface area contributed by atoms with Crippen LogP contribution in [0.1, 0.15) is 42.5 Å². The number of carbonyl (C=O) groups is 1. The van der Waals surface area contributed by atoms with E-state index in [1.165, 1.54) is 12.1 Å². The summed E-state index contributed by atoms with van der Waals surface area (Å²) in [5, 5.41) is -1.01. The lowest BCUT2D eigenvalue weighted by molar-refractivity contribution is 0.0888. The maximum atomic E-state index is 13.7. The summed E-state index contributed by atoms with van der Waals surface area (Å²) in [7, 11) is -3.15. The molecule has 2 bridgehead atoms. The molecule has 0 radical (unpaired) electrons. The first kappa shape index (κ1) is 14.6. The van der Waals surface area contributed by atoms with Crippen LogP contribution in [0.5, 0.6) is 0 Å². The highest BCUT2D eigenvalue weighted by atomic mass is 32.2. The predicted molar refractivity (Wildman–Crippen MR) is 73.8 cm³/mol. The van der Waals surface area contributed by atoms with Crippen molar-refractivity contribution >= 4 is 15.6 Å². The van der Waals surface area contributed by atoms with E-state index in [0.29, 0.717) is 12.8 Å². The Morgan fingerprint density at radius 2 is 1.71 bits per heavy atom. The zero-order chi connectivity index (χ0) is 15.2. The van der Waals surface area contributed by atoms with Gasteiger partial charge in [0.2, 0.25) is 0 Å². The Bertz CT molecular complexity index is 664. The van der Waals surface area contributed by atoms with Gasteiger partial charge in [-0.05, 0) is 37.8 Å². The molecule has 3 nitrogen and oxygen atoms in total. The summed E-state index contributed by atoms with van der Waals surface area (Å²) in [4.78, 5) is 12.4. The van der Waals surface area contributed by atoms with Gasteiger partial charge in [0.05, 0.1) is 16.1 Å². The minimum Gasteiger partial charge on any atom is -0.294 e. The van der Waals surface area contributed by atoms with Gasteiger partial charge in [-0.1, -0.05) is 12.5 Å². The van der Waals surface area contributed by atoms with Crippen LogP contribution in [0.3, 0.4) is 0 Å². The van der Waals surface area contributed by atoms with Crippen LogP contribution >= 0.6 is 0 Å². The normalized spacial score (nSPS) is 30.9. The predicted octanol–water partition coefficient (Wildman–Crippen LogP) is 2.89. The van der Waals surface area contributed by atoms with Crippen LogP contribution in [0.4, 0.5) is 8.78 Å². The highest BCUT2D eigenvalue weighted by Gasteiger charge is 2.46. The molecule has 1 aromatic rings. The van der Waals surface area contributed by atoms with Crippen LogP contribution in [-0.2, 0) is 9.84 Å². The molecule has 114 valence electrons. The summed E-state index contributed by atoms with van der Waals surface area (Å²) in [6.07, 6.45) is 2.44. The summed E-state index contributed by atoms with van der Waals surface area (Å²) in [6.45, 7) is 0. The fraction of sp³-hybridized carbons (Fsp3) is 0.533. The molecule has 2 saturated heterocycles. The SMILES string of the molecule is O=C(c1cccc(F)c1F)C1CC2CCCC(C1)S2(=O)=O. The van der Waals surface area contributed by atoms with Crippen molar-refractivity contribution in [2.75, 3.05) is 0 Å². The van der Waals surface area contributed by atoms with Crippen molar-refractivity contribution in [2.24, 2.45) is 5.92 Å². The van der Waals surface area contributed by atoms with Gasteiger partial charge in [0.1, 0.15) is 0 Å². The number of sulfone groups is 1. The molecule has 21 heavy (non-hydrogen) atoms. The van der Waals surface area contributed by atoms with Gasteiger partial charge in [-0.3, -0.25) is 4.79 Å². The minimum atomic E-state index is -3.15. The van der Waals surface area contributed by atoms with Crippen molar-refractivity contribution in [3.05, 3.63) is 35.4 Å². The van der Waals surface area contributed by atoms with E-state index in [0.717, 1.165) is 12.5 Å². The second kappa shape index (κ2) is 5.16. The maximum Gasteiger partial charge on any atom is 0.169 e. The number of rotatable bonds is 2. The first-order chi connectivity index (χ1) is 9.91. The number of fused-ring (bicyclic) bond motifs is 2. The molecule has 0 N–H and O–H groups in total. The van der Waals surface area contributed by atoms with Crippen molar-refractivity contribution in [3.8, 4) is 0 Å². The summed E-state index contributed by atoms with van der Waals surface area (Å²) < 4.78 is 51.3. The number of hydrogen-bond donors (Lipinski definition) is 0. The lowest BCUT2D eigenvalue weighted by Gasteiger charge is -2.38. The van der Waals surface area contributed by atoms with Crippen LogP contribution in [-0.4, -0.2) is 24.7 Å². The van der Waals surface area contributed by atoms with E-state index in [1.807, 2.05) is 0 Å². The van der Waals surface area contributed by atoms with Gasteiger partial charge in [0.15, 0.2) is 27.3 Å². The first-order valence-corrected chi connectivity index (χ1v) is 8.73. The Hall–Kier alpha value is -1.30. The van der Waals surface area contributed by atoms with E-state index in [-0.39, 0.29) is 18.4 Å². The molecule has 0 saturated carbocycles. The van der Waals surface area contributed by atoms with Crippen molar-refractivity contribution in [1.82, 2.24) is 0 Å². The Kier molecular flexibility index (Phi) is 3.59. The van der Waals surface area contributed by atoms with E-state index in [1.54, 1.807) is 0 Å². The second-order valence-electron chi connectivity index (χ2n) is 5.90. The number of carbonyl (C=O) groups excluding carboxylic acids is 1. The average Bonchev–Trinajstić information content (AvgIpc) is 2.40. The third-order valence-corrected chi connectivity index (χ3v) is 7.38. The fourth-order valence-electron chi connectivity index (χ4n) is 3.54. The molecule has 6 heteroatoms. The molecule has 0 amide bonds. The molecule has 0 aliphatic carbocycles. The quantitative estimate of drug-likeness (QED) is 0.789. The maximum absolute atomic E-state index is 13.7. The molecule has 2 fully saturated rings.